The summed E-state index contributed by atoms with van der Waals surface area (Å²) in [4.78, 5) is 10.4. The summed E-state index contributed by atoms with van der Waals surface area (Å²) >= 11 is 5.86. The van der Waals surface area contributed by atoms with Crippen LogP contribution >= 0.6 is 11.6 Å². The number of nitrogens with zero attached hydrogens (tertiary/aromatic N) is 3. The topological polar surface area (TPSA) is 29.0 Å². The van der Waals surface area contributed by atoms with E-state index < -0.39 is 0 Å². The molecule has 2 heterocycles. The van der Waals surface area contributed by atoms with Gasteiger partial charge in [0.2, 0.25) is 0 Å². The van der Waals surface area contributed by atoms with Gasteiger partial charge in [0.25, 0.3) is 0 Å². The van der Waals surface area contributed by atoms with Crippen molar-refractivity contribution in [1.82, 2.24) is 9.97 Å². The van der Waals surface area contributed by atoms with E-state index in [1.165, 1.54) is 19.2 Å². The highest BCUT2D eigenvalue weighted by molar-refractivity contribution is 6.29. The molecule has 0 atom stereocenters. The van der Waals surface area contributed by atoms with Gasteiger partial charge in [-0.25, -0.2) is 9.97 Å². The van der Waals surface area contributed by atoms with Crippen molar-refractivity contribution in [2.45, 2.75) is 26.7 Å². The number of rotatable bonds is 1. The van der Waals surface area contributed by atoms with E-state index in [9.17, 15) is 0 Å². The largest absolute Gasteiger partial charge is 0.356 e. The van der Waals surface area contributed by atoms with Crippen molar-refractivity contribution in [2.75, 3.05) is 18.0 Å². The molecular formula is C11H16ClN3. The molecule has 1 fully saturated rings. The molecule has 0 spiro atoms. The number of halogens is 1. The van der Waals surface area contributed by atoms with Crippen LogP contribution in [0.1, 0.15) is 26.7 Å². The van der Waals surface area contributed by atoms with Crippen LogP contribution in [-0.2, 0) is 0 Å². The fourth-order valence-electron chi connectivity index (χ4n) is 2.12. The molecule has 0 radical (unpaired) electrons. The molecule has 0 saturated carbocycles. The Labute approximate surface area is 95.5 Å². The normalized spacial score (nSPS) is 20.3. The summed E-state index contributed by atoms with van der Waals surface area (Å²) in [6, 6.07) is 1.84. The lowest BCUT2D eigenvalue weighted by molar-refractivity contribution is 0.292. The Morgan fingerprint density at radius 3 is 2.87 bits per heavy atom. The minimum Gasteiger partial charge on any atom is -0.356 e. The van der Waals surface area contributed by atoms with Gasteiger partial charge in [-0.1, -0.05) is 25.4 Å². The van der Waals surface area contributed by atoms with Gasteiger partial charge in [-0.3, -0.25) is 0 Å². The van der Waals surface area contributed by atoms with Crippen LogP contribution in [0.25, 0.3) is 0 Å². The molecule has 4 heteroatoms. The van der Waals surface area contributed by atoms with E-state index in [0.29, 0.717) is 10.6 Å². The first-order chi connectivity index (χ1) is 7.07. The molecule has 1 saturated heterocycles. The number of aromatic nitrogens is 2. The van der Waals surface area contributed by atoms with Crippen LogP contribution in [0.15, 0.2) is 12.4 Å². The highest BCUT2D eigenvalue weighted by Gasteiger charge is 2.26. The second kappa shape index (κ2) is 3.97. The van der Waals surface area contributed by atoms with Crippen LogP contribution in [0.4, 0.5) is 5.82 Å². The third-order valence-electron chi connectivity index (χ3n) is 2.84. The zero-order valence-corrected chi connectivity index (χ0v) is 9.96. The molecule has 0 aromatic carbocycles. The van der Waals surface area contributed by atoms with Gasteiger partial charge in [-0.15, -0.1) is 0 Å². The lowest BCUT2D eigenvalue weighted by Crippen LogP contribution is -2.40. The summed E-state index contributed by atoms with van der Waals surface area (Å²) < 4.78 is 0. The van der Waals surface area contributed by atoms with Gasteiger partial charge in [-0.2, -0.15) is 0 Å². The van der Waals surface area contributed by atoms with Crippen LogP contribution < -0.4 is 4.90 Å². The molecule has 0 aliphatic carbocycles. The van der Waals surface area contributed by atoms with E-state index in [1.807, 2.05) is 6.07 Å². The molecule has 0 amide bonds. The number of hydrogen-bond donors (Lipinski definition) is 0. The Morgan fingerprint density at radius 1 is 1.40 bits per heavy atom. The molecule has 1 aliphatic heterocycles. The van der Waals surface area contributed by atoms with Gasteiger partial charge in [0.1, 0.15) is 17.3 Å². The Bertz CT molecular complexity index is 351. The molecule has 0 unspecified atom stereocenters. The van der Waals surface area contributed by atoms with Crippen molar-refractivity contribution in [3.8, 4) is 0 Å². The smallest absolute Gasteiger partial charge is 0.134 e. The lowest BCUT2D eigenvalue weighted by Gasteiger charge is -2.38. The highest BCUT2D eigenvalue weighted by atomic mass is 35.5. The predicted octanol–water partition coefficient (Wildman–Crippen LogP) is 2.76. The van der Waals surface area contributed by atoms with Crippen molar-refractivity contribution >= 4 is 17.4 Å². The molecule has 15 heavy (non-hydrogen) atoms. The zero-order valence-electron chi connectivity index (χ0n) is 9.20. The van der Waals surface area contributed by atoms with E-state index in [0.717, 1.165) is 18.9 Å². The molecule has 1 aromatic heterocycles. The molecule has 3 nitrogen and oxygen atoms in total. The average Bonchev–Trinajstić information content (AvgIpc) is 2.16. The fraction of sp³-hybridized carbons (Fsp3) is 0.636. The highest BCUT2D eigenvalue weighted by Crippen LogP contribution is 2.30. The molecule has 1 aromatic rings. The Hall–Kier alpha value is -0.830. The molecule has 0 N–H and O–H groups in total. The minimum absolute atomic E-state index is 0.371. The van der Waals surface area contributed by atoms with Crippen molar-refractivity contribution in [1.29, 1.82) is 0 Å². The quantitative estimate of drug-likeness (QED) is 0.689. The summed E-state index contributed by atoms with van der Waals surface area (Å²) in [5, 5.41) is 0.517. The Morgan fingerprint density at radius 2 is 2.20 bits per heavy atom. The summed E-state index contributed by atoms with van der Waals surface area (Å²) in [7, 11) is 0. The average molecular weight is 226 g/mol. The van der Waals surface area contributed by atoms with Gasteiger partial charge in [0.15, 0.2) is 0 Å². The van der Waals surface area contributed by atoms with Crippen LogP contribution in [0, 0.1) is 5.41 Å². The predicted molar refractivity (Wildman–Crippen MR) is 62.3 cm³/mol. The second-order valence-corrected chi connectivity index (χ2v) is 5.28. The van der Waals surface area contributed by atoms with E-state index in [1.54, 1.807) is 0 Å². The van der Waals surface area contributed by atoms with Gasteiger partial charge in [0.05, 0.1) is 0 Å². The van der Waals surface area contributed by atoms with Gasteiger partial charge >= 0.3 is 0 Å². The van der Waals surface area contributed by atoms with Crippen molar-refractivity contribution in [2.24, 2.45) is 5.41 Å². The van der Waals surface area contributed by atoms with Crippen LogP contribution in [0.2, 0.25) is 5.15 Å². The Balaban J connectivity index is 2.17. The maximum absolute atomic E-state index is 5.86. The van der Waals surface area contributed by atoms with Crippen LogP contribution in [0.3, 0.4) is 0 Å². The zero-order chi connectivity index (χ0) is 10.9. The van der Waals surface area contributed by atoms with E-state index in [2.05, 4.69) is 28.7 Å². The number of anilines is 1. The summed E-state index contributed by atoms with van der Waals surface area (Å²) in [5.41, 5.74) is 0.371. The first kappa shape index (κ1) is 10.7. The van der Waals surface area contributed by atoms with Crippen LogP contribution in [-0.4, -0.2) is 23.1 Å². The van der Waals surface area contributed by atoms with Crippen molar-refractivity contribution < 1.29 is 0 Å². The SMILES string of the molecule is CC1(C)CCCN(c2cc(Cl)ncn2)C1. The third-order valence-corrected chi connectivity index (χ3v) is 3.05. The van der Waals surface area contributed by atoms with Crippen molar-refractivity contribution in [3.63, 3.8) is 0 Å². The third kappa shape index (κ3) is 2.59. The van der Waals surface area contributed by atoms with E-state index in [4.69, 9.17) is 11.6 Å². The molecule has 82 valence electrons. The summed E-state index contributed by atoms with van der Waals surface area (Å²) in [5.74, 6) is 0.947. The number of piperidine rings is 1. The van der Waals surface area contributed by atoms with Gasteiger partial charge in [-0.05, 0) is 18.3 Å². The lowest BCUT2D eigenvalue weighted by atomic mass is 9.84. The summed E-state index contributed by atoms with van der Waals surface area (Å²) in [6.45, 7) is 6.70. The summed E-state index contributed by atoms with van der Waals surface area (Å²) in [6.07, 6.45) is 4.02. The fourth-order valence-corrected chi connectivity index (χ4v) is 2.26. The van der Waals surface area contributed by atoms with Crippen molar-refractivity contribution in [3.05, 3.63) is 17.5 Å². The maximum Gasteiger partial charge on any atom is 0.134 e. The minimum atomic E-state index is 0.371. The standard InChI is InChI=1S/C11H16ClN3/c1-11(2)4-3-5-15(7-11)10-6-9(12)13-8-14-10/h6,8H,3-5,7H2,1-2H3. The monoisotopic (exact) mass is 225 g/mol. The molecule has 2 rings (SSSR count). The Kier molecular flexibility index (Phi) is 2.83. The molecule has 1 aliphatic rings. The first-order valence-corrected chi connectivity index (χ1v) is 5.67. The molecular weight excluding hydrogens is 210 g/mol. The van der Waals surface area contributed by atoms with Gasteiger partial charge in [0, 0.05) is 19.2 Å². The molecule has 0 bridgehead atoms. The number of hydrogen-bond acceptors (Lipinski definition) is 3. The maximum atomic E-state index is 5.86. The van der Waals surface area contributed by atoms with E-state index in [-0.39, 0.29) is 0 Å². The first-order valence-electron chi connectivity index (χ1n) is 5.29. The van der Waals surface area contributed by atoms with Gasteiger partial charge < -0.3 is 4.90 Å². The van der Waals surface area contributed by atoms with Crippen LogP contribution in [0.5, 0.6) is 0 Å². The second-order valence-electron chi connectivity index (χ2n) is 4.89. The van der Waals surface area contributed by atoms with E-state index >= 15 is 0 Å².